The van der Waals surface area contributed by atoms with E-state index >= 15 is 0 Å². The lowest BCUT2D eigenvalue weighted by Gasteiger charge is -2.23. The molecule has 1 saturated heterocycles. The van der Waals surface area contributed by atoms with E-state index in [4.69, 9.17) is 18.9 Å². The van der Waals surface area contributed by atoms with Crippen LogP contribution in [-0.2, 0) is 27.4 Å². The second-order valence-corrected chi connectivity index (χ2v) is 7.77. The quantitative estimate of drug-likeness (QED) is 0.305. The Bertz CT molecular complexity index is 714. The van der Waals surface area contributed by atoms with Crippen molar-refractivity contribution >= 4 is 0 Å². The van der Waals surface area contributed by atoms with E-state index in [1.807, 2.05) is 54.6 Å². The molecule has 1 aliphatic rings. The molecule has 3 rings (SSSR count). The zero-order valence-corrected chi connectivity index (χ0v) is 17.4. The molecule has 29 heavy (non-hydrogen) atoms. The van der Waals surface area contributed by atoms with Crippen LogP contribution in [0.4, 0.5) is 0 Å². The Kier molecular flexibility index (Phi) is 8.07. The highest BCUT2D eigenvalue weighted by Gasteiger charge is 2.38. The van der Waals surface area contributed by atoms with E-state index in [9.17, 15) is 5.11 Å². The van der Waals surface area contributed by atoms with Gasteiger partial charge in [-0.15, -0.1) is 0 Å². The molecule has 0 saturated carbocycles. The van der Waals surface area contributed by atoms with Gasteiger partial charge >= 0.3 is 0 Å². The second-order valence-electron chi connectivity index (χ2n) is 7.77. The maximum atomic E-state index is 10.4. The molecule has 0 amide bonds. The van der Waals surface area contributed by atoms with Crippen LogP contribution >= 0.6 is 0 Å². The molecule has 0 spiro atoms. The predicted octanol–water partition coefficient (Wildman–Crippen LogP) is 4.46. The van der Waals surface area contributed by atoms with Crippen molar-refractivity contribution in [3.05, 3.63) is 65.7 Å². The van der Waals surface area contributed by atoms with Gasteiger partial charge in [0.1, 0.15) is 11.9 Å². The molecule has 5 heteroatoms. The van der Waals surface area contributed by atoms with Crippen LogP contribution in [0.1, 0.15) is 43.7 Å². The van der Waals surface area contributed by atoms with E-state index in [-0.39, 0.29) is 12.2 Å². The van der Waals surface area contributed by atoms with E-state index in [0.717, 1.165) is 36.1 Å². The third kappa shape index (κ3) is 7.78. The first-order valence-corrected chi connectivity index (χ1v) is 10.3. The summed E-state index contributed by atoms with van der Waals surface area (Å²) in [7, 11) is 1.66. The van der Waals surface area contributed by atoms with Gasteiger partial charge in [-0.3, -0.25) is 0 Å². The Morgan fingerprint density at radius 3 is 2.38 bits per heavy atom. The van der Waals surface area contributed by atoms with Crippen LogP contribution in [0.15, 0.2) is 54.6 Å². The number of epoxide rings is 1. The van der Waals surface area contributed by atoms with Crippen LogP contribution in [0, 0.1) is 0 Å². The van der Waals surface area contributed by atoms with Crippen molar-refractivity contribution in [2.45, 2.75) is 63.8 Å². The minimum atomic E-state index is -1.10. The highest BCUT2D eigenvalue weighted by Crippen LogP contribution is 2.29. The fraction of sp³-hybridized carbons (Fsp3) is 0.500. The van der Waals surface area contributed by atoms with Crippen LogP contribution in [0.25, 0.3) is 0 Å². The maximum absolute atomic E-state index is 10.4. The van der Waals surface area contributed by atoms with E-state index in [1.165, 1.54) is 0 Å². The molecule has 2 aromatic carbocycles. The van der Waals surface area contributed by atoms with Crippen molar-refractivity contribution in [3.63, 3.8) is 0 Å². The van der Waals surface area contributed by atoms with Crippen molar-refractivity contribution in [2.24, 2.45) is 0 Å². The van der Waals surface area contributed by atoms with Crippen LogP contribution in [0.3, 0.4) is 0 Å². The summed E-state index contributed by atoms with van der Waals surface area (Å²) in [4.78, 5) is 0. The van der Waals surface area contributed by atoms with Gasteiger partial charge in [0.15, 0.2) is 5.79 Å². The van der Waals surface area contributed by atoms with Crippen LogP contribution in [-0.4, -0.2) is 36.8 Å². The molecule has 1 heterocycles. The van der Waals surface area contributed by atoms with Crippen LogP contribution in [0.5, 0.6) is 5.75 Å². The Balaban J connectivity index is 1.22. The summed E-state index contributed by atoms with van der Waals surface area (Å²) in [5, 5.41) is 10.4. The van der Waals surface area contributed by atoms with Gasteiger partial charge < -0.3 is 24.1 Å². The van der Waals surface area contributed by atoms with Crippen molar-refractivity contribution < 1.29 is 24.1 Å². The average molecular weight is 401 g/mol. The summed E-state index contributed by atoms with van der Waals surface area (Å²) < 4.78 is 22.3. The number of unbranched alkanes of at least 4 members (excludes halogenated alkanes) is 1. The number of rotatable bonds is 13. The summed E-state index contributed by atoms with van der Waals surface area (Å²) in [6, 6.07) is 17.8. The van der Waals surface area contributed by atoms with E-state index < -0.39 is 5.79 Å². The molecule has 5 nitrogen and oxygen atoms in total. The van der Waals surface area contributed by atoms with Gasteiger partial charge in [-0.25, -0.2) is 0 Å². The average Bonchev–Trinajstić information content (AvgIpc) is 3.49. The molecule has 1 aliphatic heterocycles. The predicted molar refractivity (Wildman–Crippen MR) is 112 cm³/mol. The van der Waals surface area contributed by atoms with E-state index in [0.29, 0.717) is 26.2 Å². The SMILES string of the molecule is COc1ccc(COC[C@H]2O[C@H]2CCCC[C@@](C)(O)OCc2ccccc2)cc1. The maximum Gasteiger partial charge on any atom is 0.163 e. The minimum Gasteiger partial charge on any atom is -0.497 e. The van der Waals surface area contributed by atoms with Gasteiger partial charge in [0.05, 0.1) is 33.0 Å². The molecule has 0 aliphatic carbocycles. The topological polar surface area (TPSA) is 60.5 Å². The largest absolute Gasteiger partial charge is 0.497 e. The third-order valence-electron chi connectivity index (χ3n) is 5.17. The van der Waals surface area contributed by atoms with E-state index in [2.05, 4.69) is 0 Å². The molecule has 0 radical (unpaired) electrons. The Morgan fingerprint density at radius 1 is 0.931 bits per heavy atom. The number of hydrogen-bond donors (Lipinski definition) is 1. The second kappa shape index (κ2) is 10.7. The fourth-order valence-electron chi connectivity index (χ4n) is 3.28. The number of ether oxygens (including phenoxy) is 4. The standard InChI is InChI=1S/C24H32O5/c1-24(25,28-17-19-8-4-3-5-9-19)15-7-6-10-22-23(29-22)18-27-16-20-11-13-21(26-2)14-12-20/h3-5,8-9,11-14,22-23,25H,6-7,10,15-18H2,1-2H3/t22-,23+,24-/m0/s1. The zero-order chi connectivity index (χ0) is 20.5. The highest BCUT2D eigenvalue weighted by molar-refractivity contribution is 5.26. The van der Waals surface area contributed by atoms with Crippen LogP contribution < -0.4 is 4.74 Å². The Hall–Kier alpha value is -1.92. The van der Waals surface area contributed by atoms with Gasteiger partial charge in [0, 0.05) is 6.42 Å². The first kappa shape index (κ1) is 21.8. The molecule has 1 fully saturated rings. The van der Waals surface area contributed by atoms with Crippen LogP contribution in [0.2, 0.25) is 0 Å². The van der Waals surface area contributed by atoms with Gasteiger partial charge in [-0.1, -0.05) is 48.9 Å². The number of benzene rings is 2. The zero-order valence-electron chi connectivity index (χ0n) is 17.4. The van der Waals surface area contributed by atoms with Crippen molar-refractivity contribution in [3.8, 4) is 5.75 Å². The fourth-order valence-corrected chi connectivity index (χ4v) is 3.28. The molecule has 2 aromatic rings. The van der Waals surface area contributed by atoms with Crippen molar-refractivity contribution in [1.29, 1.82) is 0 Å². The van der Waals surface area contributed by atoms with Gasteiger partial charge in [0.25, 0.3) is 0 Å². The lowest BCUT2D eigenvalue weighted by Crippen LogP contribution is -2.27. The molecular formula is C24H32O5. The Morgan fingerprint density at radius 2 is 1.66 bits per heavy atom. The molecular weight excluding hydrogens is 368 g/mol. The monoisotopic (exact) mass is 400 g/mol. The van der Waals surface area contributed by atoms with Gasteiger partial charge in [0.2, 0.25) is 0 Å². The summed E-state index contributed by atoms with van der Waals surface area (Å²) in [6.45, 7) is 3.36. The summed E-state index contributed by atoms with van der Waals surface area (Å²) in [5.41, 5.74) is 2.19. The normalized spacial score (nSPS) is 20.2. The molecule has 0 bridgehead atoms. The van der Waals surface area contributed by atoms with Crippen molar-refractivity contribution in [2.75, 3.05) is 13.7 Å². The first-order valence-electron chi connectivity index (χ1n) is 10.3. The lowest BCUT2D eigenvalue weighted by atomic mass is 10.1. The molecule has 0 aromatic heterocycles. The van der Waals surface area contributed by atoms with Gasteiger partial charge in [-0.05, 0) is 43.0 Å². The Labute approximate surface area is 173 Å². The molecule has 158 valence electrons. The summed E-state index contributed by atoms with van der Waals surface area (Å²) >= 11 is 0. The number of hydrogen-bond acceptors (Lipinski definition) is 5. The molecule has 3 atom stereocenters. The molecule has 1 N–H and O–H groups in total. The minimum absolute atomic E-state index is 0.197. The highest BCUT2D eigenvalue weighted by atomic mass is 16.6. The first-order chi connectivity index (χ1) is 14.1. The number of methoxy groups -OCH3 is 1. The van der Waals surface area contributed by atoms with E-state index in [1.54, 1.807) is 14.0 Å². The summed E-state index contributed by atoms with van der Waals surface area (Å²) in [5.74, 6) is -0.245. The number of aliphatic hydroxyl groups is 1. The third-order valence-corrected chi connectivity index (χ3v) is 5.17. The molecule has 0 unspecified atom stereocenters. The smallest absolute Gasteiger partial charge is 0.163 e. The lowest BCUT2D eigenvalue weighted by molar-refractivity contribution is -0.202. The summed E-state index contributed by atoms with van der Waals surface area (Å²) in [6.07, 6.45) is 3.99. The van der Waals surface area contributed by atoms with Crippen molar-refractivity contribution in [1.82, 2.24) is 0 Å². The van der Waals surface area contributed by atoms with Gasteiger partial charge in [-0.2, -0.15) is 0 Å².